The zero-order chi connectivity index (χ0) is 12.2. The second kappa shape index (κ2) is 4.75. The van der Waals surface area contributed by atoms with Crippen LogP contribution in [0, 0.1) is 17.2 Å². The van der Waals surface area contributed by atoms with Crippen molar-refractivity contribution < 1.29 is 17.9 Å². The van der Waals surface area contributed by atoms with Crippen molar-refractivity contribution in [1.82, 2.24) is 0 Å². The summed E-state index contributed by atoms with van der Waals surface area (Å²) >= 11 is 0. The largest absolute Gasteiger partial charge is 0.492 e. The van der Waals surface area contributed by atoms with E-state index in [1.807, 2.05) is 0 Å². The van der Waals surface area contributed by atoms with Crippen molar-refractivity contribution in [3.05, 3.63) is 24.3 Å². The van der Waals surface area contributed by atoms with Gasteiger partial charge < -0.3 is 10.5 Å². The predicted molar refractivity (Wildman–Crippen MR) is 51.5 cm³/mol. The summed E-state index contributed by atoms with van der Waals surface area (Å²) in [7, 11) is 0. The van der Waals surface area contributed by atoms with Crippen molar-refractivity contribution in [3.63, 3.8) is 0 Å². The Morgan fingerprint density at radius 2 is 1.88 bits per heavy atom. The minimum atomic E-state index is -4.57. The van der Waals surface area contributed by atoms with Crippen molar-refractivity contribution in [2.75, 3.05) is 12.3 Å². The third kappa shape index (κ3) is 3.35. The van der Waals surface area contributed by atoms with Crippen molar-refractivity contribution in [1.29, 1.82) is 5.26 Å². The fraction of sp³-hybridized carbons (Fsp3) is 0.300. The predicted octanol–water partition coefficient (Wildman–Crippen LogP) is 2.35. The SMILES string of the molecule is N#CC(COc1ccc(N)cc1)C(F)(F)F. The third-order valence-corrected chi connectivity index (χ3v) is 1.85. The van der Waals surface area contributed by atoms with Crippen LogP contribution in [-0.2, 0) is 0 Å². The molecule has 0 aromatic heterocycles. The van der Waals surface area contributed by atoms with Crippen LogP contribution in [0.5, 0.6) is 5.75 Å². The molecule has 1 aromatic rings. The molecule has 16 heavy (non-hydrogen) atoms. The molecule has 0 saturated carbocycles. The van der Waals surface area contributed by atoms with E-state index in [1.165, 1.54) is 24.3 Å². The maximum atomic E-state index is 12.2. The fourth-order valence-electron chi connectivity index (χ4n) is 0.949. The van der Waals surface area contributed by atoms with E-state index in [2.05, 4.69) is 0 Å². The van der Waals surface area contributed by atoms with Crippen LogP contribution >= 0.6 is 0 Å². The van der Waals surface area contributed by atoms with Crippen molar-refractivity contribution in [2.24, 2.45) is 5.92 Å². The Bertz CT molecular complexity index is 381. The summed E-state index contributed by atoms with van der Waals surface area (Å²) in [6.07, 6.45) is -4.57. The molecule has 86 valence electrons. The van der Waals surface area contributed by atoms with Crippen LogP contribution in [0.4, 0.5) is 18.9 Å². The van der Waals surface area contributed by atoms with Gasteiger partial charge in [0.1, 0.15) is 12.4 Å². The quantitative estimate of drug-likeness (QED) is 0.811. The maximum Gasteiger partial charge on any atom is 0.407 e. The van der Waals surface area contributed by atoms with Gasteiger partial charge in [-0.05, 0) is 24.3 Å². The van der Waals surface area contributed by atoms with Gasteiger partial charge in [0.05, 0.1) is 6.07 Å². The molecular formula is C10H9F3N2O. The molecule has 0 bridgehead atoms. The number of nitrogens with two attached hydrogens (primary N) is 1. The van der Waals surface area contributed by atoms with E-state index >= 15 is 0 Å². The summed E-state index contributed by atoms with van der Waals surface area (Å²) in [6, 6.07) is 7.05. The Balaban J connectivity index is 2.57. The van der Waals surface area contributed by atoms with Crippen molar-refractivity contribution in [3.8, 4) is 11.8 Å². The van der Waals surface area contributed by atoms with Crippen molar-refractivity contribution >= 4 is 5.69 Å². The molecule has 0 heterocycles. The van der Waals surface area contributed by atoms with Gasteiger partial charge in [-0.2, -0.15) is 18.4 Å². The van der Waals surface area contributed by atoms with Crippen LogP contribution in [0.3, 0.4) is 0 Å². The molecule has 0 amide bonds. The molecule has 0 spiro atoms. The molecule has 0 fully saturated rings. The van der Waals surface area contributed by atoms with E-state index in [0.717, 1.165) is 6.07 Å². The van der Waals surface area contributed by atoms with E-state index in [4.69, 9.17) is 15.7 Å². The molecule has 1 rings (SSSR count). The molecule has 0 aliphatic heterocycles. The number of nitrogen functional groups attached to an aromatic ring is 1. The monoisotopic (exact) mass is 230 g/mol. The zero-order valence-electron chi connectivity index (χ0n) is 8.16. The van der Waals surface area contributed by atoms with Gasteiger partial charge in [0.2, 0.25) is 0 Å². The number of hydrogen-bond donors (Lipinski definition) is 1. The zero-order valence-corrected chi connectivity index (χ0v) is 8.16. The summed E-state index contributed by atoms with van der Waals surface area (Å²) in [4.78, 5) is 0. The first-order valence-electron chi connectivity index (χ1n) is 4.38. The number of halogens is 3. The first kappa shape index (κ1) is 12.2. The Kier molecular flexibility index (Phi) is 3.61. The number of nitrogens with zero attached hydrogens (tertiary/aromatic N) is 1. The number of nitriles is 1. The fourth-order valence-corrected chi connectivity index (χ4v) is 0.949. The van der Waals surface area contributed by atoms with Crippen LogP contribution in [0.1, 0.15) is 0 Å². The van der Waals surface area contributed by atoms with E-state index < -0.39 is 18.7 Å². The van der Waals surface area contributed by atoms with Crippen molar-refractivity contribution in [2.45, 2.75) is 6.18 Å². The van der Waals surface area contributed by atoms with Crippen LogP contribution in [0.15, 0.2) is 24.3 Å². The lowest BCUT2D eigenvalue weighted by Gasteiger charge is -2.14. The maximum absolute atomic E-state index is 12.2. The van der Waals surface area contributed by atoms with Gasteiger partial charge in [0, 0.05) is 5.69 Å². The normalized spacial score (nSPS) is 12.9. The summed E-state index contributed by atoms with van der Waals surface area (Å²) in [6.45, 7) is -0.718. The summed E-state index contributed by atoms with van der Waals surface area (Å²) < 4.78 is 41.3. The van der Waals surface area contributed by atoms with Gasteiger partial charge in [0.25, 0.3) is 0 Å². The molecule has 0 radical (unpaired) electrons. The highest BCUT2D eigenvalue weighted by atomic mass is 19.4. The first-order valence-corrected chi connectivity index (χ1v) is 4.38. The molecule has 1 aromatic carbocycles. The molecule has 0 aliphatic carbocycles. The van der Waals surface area contributed by atoms with Gasteiger partial charge >= 0.3 is 6.18 Å². The molecular weight excluding hydrogens is 221 g/mol. The van der Waals surface area contributed by atoms with Crippen LogP contribution in [-0.4, -0.2) is 12.8 Å². The minimum Gasteiger partial charge on any atom is -0.492 e. The molecule has 3 nitrogen and oxygen atoms in total. The van der Waals surface area contributed by atoms with Gasteiger partial charge in [-0.15, -0.1) is 0 Å². The second-order valence-corrected chi connectivity index (χ2v) is 3.10. The highest BCUT2D eigenvalue weighted by molar-refractivity contribution is 5.41. The van der Waals surface area contributed by atoms with Gasteiger partial charge in [0.15, 0.2) is 5.92 Å². The molecule has 2 N–H and O–H groups in total. The van der Waals surface area contributed by atoms with Gasteiger partial charge in [-0.3, -0.25) is 0 Å². The standard InChI is InChI=1S/C10H9F3N2O/c11-10(12,13)7(5-14)6-16-9-3-1-8(15)2-4-9/h1-4,7H,6,15H2. The molecule has 0 saturated heterocycles. The second-order valence-electron chi connectivity index (χ2n) is 3.10. The Morgan fingerprint density at radius 3 is 2.31 bits per heavy atom. The van der Waals surface area contributed by atoms with E-state index in [9.17, 15) is 13.2 Å². The lowest BCUT2D eigenvalue weighted by Crippen LogP contribution is -2.27. The Morgan fingerprint density at radius 1 is 1.31 bits per heavy atom. The van der Waals surface area contributed by atoms with E-state index in [-0.39, 0.29) is 5.75 Å². The number of ether oxygens (including phenoxy) is 1. The lowest BCUT2D eigenvalue weighted by atomic mass is 10.2. The average molecular weight is 230 g/mol. The van der Waals surface area contributed by atoms with E-state index in [1.54, 1.807) is 0 Å². The summed E-state index contributed by atoms with van der Waals surface area (Å²) in [5.41, 5.74) is 5.88. The van der Waals surface area contributed by atoms with Crippen LogP contribution < -0.4 is 10.5 Å². The van der Waals surface area contributed by atoms with Gasteiger partial charge in [-0.25, -0.2) is 0 Å². The number of alkyl halides is 3. The Labute approximate surface area is 90.2 Å². The number of rotatable bonds is 3. The Hall–Kier alpha value is -1.90. The lowest BCUT2D eigenvalue weighted by molar-refractivity contribution is -0.165. The molecule has 1 atom stereocenters. The third-order valence-electron chi connectivity index (χ3n) is 1.85. The van der Waals surface area contributed by atoms with Gasteiger partial charge in [-0.1, -0.05) is 0 Å². The molecule has 6 heteroatoms. The number of anilines is 1. The number of benzene rings is 1. The smallest absolute Gasteiger partial charge is 0.407 e. The van der Waals surface area contributed by atoms with E-state index in [0.29, 0.717) is 5.69 Å². The topological polar surface area (TPSA) is 59.0 Å². The number of hydrogen-bond acceptors (Lipinski definition) is 3. The molecule has 1 unspecified atom stereocenters. The highest BCUT2D eigenvalue weighted by Crippen LogP contribution is 2.26. The highest BCUT2D eigenvalue weighted by Gasteiger charge is 2.40. The summed E-state index contributed by atoms with van der Waals surface area (Å²) in [5.74, 6) is -1.87. The average Bonchev–Trinajstić information content (AvgIpc) is 2.19. The molecule has 0 aliphatic rings. The minimum absolute atomic E-state index is 0.249. The van der Waals surface area contributed by atoms with Crippen LogP contribution in [0.2, 0.25) is 0 Å². The van der Waals surface area contributed by atoms with Crippen LogP contribution in [0.25, 0.3) is 0 Å². The first-order chi connectivity index (χ1) is 7.43. The summed E-state index contributed by atoms with van der Waals surface area (Å²) in [5, 5.41) is 8.31.